The summed E-state index contributed by atoms with van der Waals surface area (Å²) >= 11 is 0. The summed E-state index contributed by atoms with van der Waals surface area (Å²) in [4.78, 5) is 2.41. The minimum Gasteiger partial charge on any atom is -0.368 e. The Kier molecular flexibility index (Phi) is 6.11. The van der Waals surface area contributed by atoms with Crippen molar-refractivity contribution in [2.75, 3.05) is 44.4 Å². The van der Waals surface area contributed by atoms with Gasteiger partial charge in [0.1, 0.15) is 12.5 Å². The van der Waals surface area contributed by atoms with Crippen molar-refractivity contribution in [2.24, 2.45) is 0 Å². The van der Waals surface area contributed by atoms with E-state index >= 15 is 0 Å². The Balaban J connectivity index is 0.000000233. The zero-order valence-electron chi connectivity index (χ0n) is 16.1. The van der Waals surface area contributed by atoms with Crippen LogP contribution in [0.15, 0.2) is 91.1 Å². The molecule has 2 fully saturated rings. The van der Waals surface area contributed by atoms with Crippen LogP contribution in [-0.4, -0.2) is 54.4 Å². The second-order valence-corrected chi connectivity index (χ2v) is 6.81. The molecule has 0 bridgehead atoms. The minimum absolute atomic E-state index is 0.907. The summed E-state index contributed by atoms with van der Waals surface area (Å²) in [6, 6.07) is 10.6. The summed E-state index contributed by atoms with van der Waals surface area (Å²) in [5, 5.41) is 13.5. The lowest BCUT2D eigenvalue weighted by Gasteiger charge is -2.41. The van der Waals surface area contributed by atoms with Crippen LogP contribution in [0, 0.1) is 0 Å². The number of hydrogen-bond acceptors (Lipinski definition) is 6. The molecule has 5 rings (SSSR count). The van der Waals surface area contributed by atoms with Gasteiger partial charge in [-0.15, -0.1) is 0 Å². The Morgan fingerprint density at radius 3 is 2.32 bits per heavy atom. The molecule has 4 heterocycles. The normalized spacial score (nSPS) is 20.9. The van der Waals surface area contributed by atoms with Gasteiger partial charge in [-0.3, -0.25) is 0 Å². The molecule has 0 atom stereocenters. The Labute approximate surface area is 167 Å². The summed E-state index contributed by atoms with van der Waals surface area (Å²) in [5.74, 6) is 1.28. The Morgan fingerprint density at radius 1 is 0.821 bits per heavy atom. The molecule has 0 aliphatic carbocycles. The number of allylic oxidation sites excluding steroid dienone is 6. The second kappa shape index (κ2) is 9.30. The van der Waals surface area contributed by atoms with Gasteiger partial charge >= 0.3 is 0 Å². The van der Waals surface area contributed by atoms with Crippen LogP contribution in [0.2, 0.25) is 0 Å². The van der Waals surface area contributed by atoms with Gasteiger partial charge in [-0.05, 0) is 30.4 Å². The van der Waals surface area contributed by atoms with Gasteiger partial charge in [0.05, 0.1) is 5.69 Å². The summed E-state index contributed by atoms with van der Waals surface area (Å²) in [6.45, 7) is 6.06. The number of piperazine rings is 1. The molecule has 2 saturated heterocycles. The minimum atomic E-state index is 0.907. The number of nitrogens with one attached hydrogen (secondary N) is 2. The zero-order chi connectivity index (χ0) is 19.0. The number of rotatable bonds is 2. The quantitative estimate of drug-likeness (QED) is 0.826. The third kappa shape index (κ3) is 4.30. The number of benzene rings is 1. The van der Waals surface area contributed by atoms with Gasteiger partial charge in [-0.1, -0.05) is 42.5 Å². The maximum atomic E-state index is 3.43. The predicted octanol–water partition coefficient (Wildman–Crippen LogP) is 2.39. The molecule has 0 amide bonds. The Bertz CT molecular complexity index is 759. The molecular weight excluding hydrogens is 348 g/mol. The van der Waals surface area contributed by atoms with Gasteiger partial charge in [0.15, 0.2) is 0 Å². The molecule has 146 valence electrons. The van der Waals surface area contributed by atoms with Crippen LogP contribution < -0.4 is 15.6 Å². The molecule has 0 spiro atoms. The first-order valence-corrected chi connectivity index (χ1v) is 9.88. The van der Waals surface area contributed by atoms with Crippen molar-refractivity contribution < 1.29 is 0 Å². The number of hydrogen-bond donors (Lipinski definition) is 2. The van der Waals surface area contributed by atoms with Gasteiger partial charge in [0.2, 0.25) is 0 Å². The number of anilines is 1. The van der Waals surface area contributed by atoms with E-state index in [4.69, 9.17) is 0 Å². The molecule has 6 nitrogen and oxygen atoms in total. The zero-order valence-corrected chi connectivity index (χ0v) is 16.1. The largest absolute Gasteiger partial charge is 0.368 e. The van der Waals surface area contributed by atoms with E-state index in [1.165, 1.54) is 11.5 Å². The molecule has 2 N–H and O–H groups in total. The monoisotopic (exact) mass is 376 g/mol. The summed E-state index contributed by atoms with van der Waals surface area (Å²) in [5.41, 5.74) is 1.24. The Morgan fingerprint density at radius 2 is 1.57 bits per heavy atom. The molecule has 0 radical (unpaired) electrons. The average Bonchev–Trinajstić information content (AvgIpc) is 2.92. The predicted molar refractivity (Wildman–Crippen MR) is 115 cm³/mol. The van der Waals surface area contributed by atoms with E-state index in [1.807, 2.05) is 36.7 Å². The van der Waals surface area contributed by atoms with Crippen molar-refractivity contribution in [1.82, 2.24) is 25.7 Å². The number of fused-ring (bicyclic) bond motifs is 1. The summed E-state index contributed by atoms with van der Waals surface area (Å²) in [6.07, 6.45) is 18.2. The highest BCUT2D eigenvalue weighted by atomic mass is 15.9. The summed E-state index contributed by atoms with van der Waals surface area (Å²) < 4.78 is 0. The number of para-hydroxylation sites is 1. The van der Waals surface area contributed by atoms with Gasteiger partial charge in [-0.2, -0.15) is 10.1 Å². The van der Waals surface area contributed by atoms with Gasteiger partial charge in [0.25, 0.3) is 0 Å². The first-order chi connectivity index (χ1) is 13.9. The molecule has 0 unspecified atom stereocenters. The number of nitrogens with zero attached hydrogens (tertiary/aromatic N) is 4. The van der Waals surface area contributed by atoms with Crippen molar-refractivity contribution in [3.05, 3.63) is 91.1 Å². The SMILES string of the molecule is C1=CC=CNC=C1.C1=CCN2CN(c3ccccc3)N(N3CCNCC3)C2=C1. The van der Waals surface area contributed by atoms with E-state index in [2.05, 4.69) is 79.2 Å². The number of hydrazine groups is 2. The van der Waals surface area contributed by atoms with E-state index in [0.717, 1.165) is 39.4 Å². The molecule has 1 aromatic carbocycles. The van der Waals surface area contributed by atoms with E-state index < -0.39 is 0 Å². The standard InChI is InChI=1S/C16H21N5.C6H7N/c1-2-6-15(7-3-1)20-14-18-11-5-4-8-16(18)21(20)19-12-9-17-10-13-19;1-2-4-6-7-5-3-1/h1-8,17H,9-14H2;1-7H. The molecule has 1 aromatic rings. The second-order valence-electron chi connectivity index (χ2n) is 6.81. The molecule has 4 aliphatic heterocycles. The lowest BCUT2D eigenvalue weighted by atomic mass is 10.3. The first kappa shape index (κ1) is 18.4. The van der Waals surface area contributed by atoms with E-state index in [1.54, 1.807) is 0 Å². The molecule has 0 aromatic heterocycles. The maximum Gasteiger partial charge on any atom is 0.143 e. The van der Waals surface area contributed by atoms with Crippen LogP contribution in [-0.2, 0) is 0 Å². The molecule has 28 heavy (non-hydrogen) atoms. The van der Waals surface area contributed by atoms with Crippen molar-refractivity contribution in [3.8, 4) is 0 Å². The highest BCUT2D eigenvalue weighted by Gasteiger charge is 2.36. The fraction of sp³-hybridized carbons (Fsp3) is 0.273. The molecule has 4 aliphatic rings. The van der Waals surface area contributed by atoms with Crippen LogP contribution in [0.3, 0.4) is 0 Å². The van der Waals surface area contributed by atoms with Gasteiger partial charge in [0, 0.05) is 45.1 Å². The van der Waals surface area contributed by atoms with Crippen molar-refractivity contribution in [1.29, 1.82) is 0 Å². The topological polar surface area (TPSA) is 37.0 Å². The summed E-state index contributed by atoms with van der Waals surface area (Å²) in [7, 11) is 0. The van der Waals surface area contributed by atoms with E-state index in [-0.39, 0.29) is 0 Å². The van der Waals surface area contributed by atoms with Crippen molar-refractivity contribution in [2.45, 2.75) is 0 Å². The first-order valence-electron chi connectivity index (χ1n) is 9.88. The van der Waals surface area contributed by atoms with Crippen LogP contribution >= 0.6 is 0 Å². The van der Waals surface area contributed by atoms with Gasteiger partial charge < -0.3 is 15.5 Å². The fourth-order valence-corrected chi connectivity index (χ4v) is 3.55. The van der Waals surface area contributed by atoms with Gasteiger partial charge in [-0.25, -0.2) is 5.01 Å². The van der Waals surface area contributed by atoms with Crippen LogP contribution in [0.25, 0.3) is 0 Å². The Hall–Kier alpha value is -2.96. The third-order valence-electron chi connectivity index (χ3n) is 4.90. The molecule has 6 heteroatoms. The van der Waals surface area contributed by atoms with Crippen molar-refractivity contribution >= 4 is 5.69 Å². The fourth-order valence-electron chi connectivity index (χ4n) is 3.55. The van der Waals surface area contributed by atoms with E-state index in [0.29, 0.717) is 0 Å². The van der Waals surface area contributed by atoms with Crippen molar-refractivity contribution in [3.63, 3.8) is 0 Å². The van der Waals surface area contributed by atoms with Crippen LogP contribution in [0.4, 0.5) is 5.69 Å². The third-order valence-corrected chi connectivity index (χ3v) is 4.90. The lowest BCUT2D eigenvalue weighted by Crippen LogP contribution is -2.55. The average molecular weight is 377 g/mol. The highest BCUT2D eigenvalue weighted by molar-refractivity contribution is 5.47. The molecule has 0 saturated carbocycles. The van der Waals surface area contributed by atoms with E-state index in [9.17, 15) is 0 Å². The highest BCUT2D eigenvalue weighted by Crippen LogP contribution is 2.31. The lowest BCUT2D eigenvalue weighted by molar-refractivity contribution is -0.00329. The maximum absolute atomic E-state index is 3.43. The molecular formula is C22H28N6. The van der Waals surface area contributed by atoms with Crippen LogP contribution in [0.1, 0.15) is 0 Å². The van der Waals surface area contributed by atoms with Crippen LogP contribution in [0.5, 0.6) is 0 Å². The smallest absolute Gasteiger partial charge is 0.143 e.